The number of pyridine rings is 1. The van der Waals surface area contributed by atoms with Crippen molar-refractivity contribution in [2.45, 2.75) is 18.7 Å². The van der Waals surface area contributed by atoms with E-state index in [4.69, 9.17) is 0 Å². The van der Waals surface area contributed by atoms with Crippen molar-refractivity contribution in [3.05, 3.63) is 83.3 Å². The number of nitrogens with one attached hydrogen (secondary N) is 2. The Labute approximate surface area is 162 Å². The van der Waals surface area contributed by atoms with Crippen LogP contribution in [0.25, 0.3) is 0 Å². The Balaban J connectivity index is 1.72. The van der Waals surface area contributed by atoms with Gasteiger partial charge in [-0.25, -0.2) is 17.8 Å². The van der Waals surface area contributed by atoms with E-state index in [0.717, 1.165) is 11.6 Å². The Morgan fingerprint density at radius 3 is 2.32 bits per heavy atom. The molecule has 0 bridgehead atoms. The van der Waals surface area contributed by atoms with Gasteiger partial charge in [0.05, 0.1) is 4.90 Å². The summed E-state index contributed by atoms with van der Waals surface area (Å²) in [6, 6.07) is 13.0. The molecule has 0 aliphatic heterocycles. The second-order valence-corrected chi connectivity index (χ2v) is 7.95. The van der Waals surface area contributed by atoms with E-state index >= 15 is 0 Å². The van der Waals surface area contributed by atoms with Crippen molar-refractivity contribution in [3.63, 3.8) is 0 Å². The summed E-state index contributed by atoms with van der Waals surface area (Å²) in [7, 11) is -3.87. The lowest BCUT2D eigenvalue weighted by Gasteiger charge is -2.10. The molecule has 0 unspecified atom stereocenters. The van der Waals surface area contributed by atoms with Gasteiger partial charge < -0.3 is 5.32 Å². The summed E-state index contributed by atoms with van der Waals surface area (Å²) in [4.78, 5) is 16.3. The lowest BCUT2D eigenvalue weighted by Crippen LogP contribution is -2.15. The number of amides is 1. The maximum atomic E-state index is 13.4. The Morgan fingerprint density at radius 1 is 1.00 bits per heavy atom. The van der Waals surface area contributed by atoms with Gasteiger partial charge in [-0.3, -0.25) is 9.52 Å². The van der Waals surface area contributed by atoms with Crippen molar-refractivity contribution < 1.29 is 17.6 Å². The third kappa shape index (κ3) is 4.52. The van der Waals surface area contributed by atoms with Gasteiger partial charge in [0.15, 0.2) is 0 Å². The van der Waals surface area contributed by atoms with Crippen LogP contribution in [0.4, 0.5) is 15.9 Å². The fourth-order valence-corrected chi connectivity index (χ4v) is 3.56. The molecule has 0 aliphatic carbocycles. The number of nitrogens with zero attached hydrogens (tertiary/aromatic N) is 1. The van der Waals surface area contributed by atoms with E-state index in [2.05, 4.69) is 15.0 Å². The van der Waals surface area contributed by atoms with Crippen LogP contribution in [0.2, 0.25) is 0 Å². The summed E-state index contributed by atoms with van der Waals surface area (Å²) in [5.74, 6) is -0.413. The molecule has 28 heavy (non-hydrogen) atoms. The van der Waals surface area contributed by atoms with E-state index in [1.807, 2.05) is 13.0 Å². The average molecular weight is 399 g/mol. The highest BCUT2D eigenvalue weighted by atomic mass is 32.2. The molecule has 1 heterocycles. The van der Waals surface area contributed by atoms with Crippen LogP contribution in [0, 0.1) is 19.7 Å². The molecule has 2 aromatic carbocycles. The zero-order valence-corrected chi connectivity index (χ0v) is 16.0. The highest BCUT2D eigenvalue weighted by Crippen LogP contribution is 2.19. The molecular formula is C20H18FN3O3S. The van der Waals surface area contributed by atoms with Gasteiger partial charge in [0, 0.05) is 17.4 Å². The third-order valence-electron chi connectivity index (χ3n) is 3.99. The summed E-state index contributed by atoms with van der Waals surface area (Å²) in [5.41, 5.74) is 1.85. The van der Waals surface area contributed by atoms with E-state index < -0.39 is 15.8 Å². The number of hydrogen-bond donors (Lipinski definition) is 2. The number of benzene rings is 2. The molecule has 1 aromatic heterocycles. The maximum absolute atomic E-state index is 13.4. The third-order valence-corrected chi connectivity index (χ3v) is 5.37. The van der Waals surface area contributed by atoms with Gasteiger partial charge >= 0.3 is 0 Å². The fourth-order valence-electron chi connectivity index (χ4n) is 2.42. The van der Waals surface area contributed by atoms with Crippen molar-refractivity contribution >= 4 is 27.4 Å². The molecule has 0 aliphatic rings. The van der Waals surface area contributed by atoms with Gasteiger partial charge in [-0.05, 0) is 73.5 Å². The SMILES string of the molecule is Cc1ccc(NC(=O)c2ccc(NS(=O)(=O)c3ccc(F)c(C)c3)cc2)nc1. The largest absolute Gasteiger partial charge is 0.307 e. The normalized spacial score (nSPS) is 11.1. The first kappa shape index (κ1) is 19.5. The van der Waals surface area contributed by atoms with Crippen LogP contribution < -0.4 is 10.0 Å². The van der Waals surface area contributed by atoms with E-state index in [9.17, 15) is 17.6 Å². The lowest BCUT2D eigenvalue weighted by molar-refractivity contribution is 0.102. The second kappa shape index (κ2) is 7.77. The number of aryl methyl sites for hydroxylation is 2. The second-order valence-electron chi connectivity index (χ2n) is 6.27. The van der Waals surface area contributed by atoms with Gasteiger partial charge in [-0.15, -0.1) is 0 Å². The highest BCUT2D eigenvalue weighted by Gasteiger charge is 2.16. The van der Waals surface area contributed by atoms with Gasteiger partial charge in [-0.1, -0.05) is 6.07 Å². The first-order valence-electron chi connectivity index (χ1n) is 8.38. The minimum Gasteiger partial charge on any atom is -0.307 e. The van der Waals surface area contributed by atoms with Gasteiger partial charge in [0.2, 0.25) is 0 Å². The number of sulfonamides is 1. The molecule has 8 heteroatoms. The minimum atomic E-state index is -3.87. The Hall–Kier alpha value is -3.26. The molecule has 6 nitrogen and oxygen atoms in total. The van der Waals surface area contributed by atoms with Crippen molar-refractivity contribution in [2.24, 2.45) is 0 Å². The van der Waals surface area contributed by atoms with Crippen LogP contribution in [0.15, 0.2) is 65.7 Å². The van der Waals surface area contributed by atoms with Crippen LogP contribution in [0.3, 0.4) is 0 Å². The molecule has 0 atom stereocenters. The van der Waals surface area contributed by atoms with Crippen LogP contribution in [0.5, 0.6) is 0 Å². The molecule has 144 valence electrons. The smallest absolute Gasteiger partial charge is 0.261 e. The van der Waals surface area contributed by atoms with Crippen LogP contribution >= 0.6 is 0 Å². The molecule has 3 aromatic rings. The Kier molecular flexibility index (Phi) is 5.41. The molecule has 0 spiro atoms. The van der Waals surface area contributed by atoms with Crippen molar-refractivity contribution in [1.29, 1.82) is 0 Å². The zero-order chi connectivity index (χ0) is 20.3. The van der Waals surface area contributed by atoms with Gasteiger partial charge in [0.25, 0.3) is 15.9 Å². The molecule has 3 rings (SSSR count). The topological polar surface area (TPSA) is 88.2 Å². The highest BCUT2D eigenvalue weighted by molar-refractivity contribution is 7.92. The monoisotopic (exact) mass is 399 g/mol. The average Bonchev–Trinajstić information content (AvgIpc) is 2.66. The summed E-state index contributed by atoms with van der Waals surface area (Å²) in [6.45, 7) is 3.39. The van der Waals surface area contributed by atoms with Crippen molar-refractivity contribution in [2.75, 3.05) is 10.0 Å². The summed E-state index contributed by atoms with van der Waals surface area (Å²) >= 11 is 0. The van der Waals surface area contributed by atoms with Crippen molar-refractivity contribution in [3.8, 4) is 0 Å². The summed E-state index contributed by atoms with van der Waals surface area (Å²) in [6.07, 6.45) is 1.64. The quantitative estimate of drug-likeness (QED) is 0.681. The number of anilines is 2. The van der Waals surface area contributed by atoms with Crippen LogP contribution in [-0.4, -0.2) is 19.3 Å². The number of rotatable bonds is 5. The molecule has 0 saturated heterocycles. The lowest BCUT2D eigenvalue weighted by atomic mass is 10.2. The standard InChI is InChI=1S/C20H18FN3O3S/c1-13-3-10-19(22-12-13)23-20(25)15-4-6-16(7-5-15)24-28(26,27)17-8-9-18(21)14(2)11-17/h3-12,24H,1-2H3,(H,22,23,25). The predicted molar refractivity (Wildman–Crippen MR) is 105 cm³/mol. The maximum Gasteiger partial charge on any atom is 0.261 e. The Bertz CT molecular complexity index is 1110. The van der Waals surface area contributed by atoms with E-state index in [1.165, 1.54) is 43.3 Å². The first-order valence-corrected chi connectivity index (χ1v) is 9.86. The van der Waals surface area contributed by atoms with Gasteiger partial charge in [-0.2, -0.15) is 0 Å². The van der Waals surface area contributed by atoms with Crippen LogP contribution in [0.1, 0.15) is 21.5 Å². The number of carbonyl (C=O) groups excluding carboxylic acids is 1. The van der Waals surface area contributed by atoms with Gasteiger partial charge in [0.1, 0.15) is 11.6 Å². The molecule has 1 amide bonds. The van der Waals surface area contributed by atoms with E-state index in [-0.39, 0.29) is 22.1 Å². The molecule has 0 fully saturated rings. The van der Waals surface area contributed by atoms with E-state index in [0.29, 0.717) is 11.4 Å². The first-order chi connectivity index (χ1) is 13.2. The number of hydrogen-bond acceptors (Lipinski definition) is 4. The summed E-state index contributed by atoms with van der Waals surface area (Å²) in [5, 5.41) is 2.67. The minimum absolute atomic E-state index is 0.0429. The number of halogens is 1. The Morgan fingerprint density at radius 2 is 1.71 bits per heavy atom. The predicted octanol–water partition coefficient (Wildman–Crippen LogP) is 3.89. The number of carbonyl (C=O) groups is 1. The van der Waals surface area contributed by atoms with Crippen LogP contribution in [-0.2, 0) is 10.0 Å². The summed E-state index contributed by atoms with van der Waals surface area (Å²) < 4.78 is 40.6. The molecule has 0 radical (unpaired) electrons. The molecule has 0 saturated carbocycles. The number of aromatic nitrogens is 1. The fraction of sp³-hybridized carbons (Fsp3) is 0.100. The van der Waals surface area contributed by atoms with E-state index in [1.54, 1.807) is 12.3 Å². The molecular weight excluding hydrogens is 381 g/mol. The molecule has 2 N–H and O–H groups in total. The van der Waals surface area contributed by atoms with Crippen molar-refractivity contribution in [1.82, 2.24) is 4.98 Å². The zero-order valence-electron chi connectivity index (χ0n) is 15.2.